The van der Waals surface area contributed by atoms with Gasteiger partial charge in [-0.05, 0) is 13.0 Å². The van der Waals surface area contributed by atoms with Crippen LogP contribution in [0.1, 0.15) is 6.92 Å². The number of carbonyl (C=O) groups is 2. The van der Waals surface area contributed by atoms with E-state index in [0.717, 1.165) is 0 Å². The summed E-state index contributed by atoms with van der Waals surface area (Å²) in [6.45, 7) is 0.928. The Morgan fingerprint density at radius 3 is 2.81 bits per heavy atom. The van der Waals surface area contributed by atoms with E-state index in [1.54, 1.807) is 0 Å². The summed E-state index contributed by atoms with van der Waals surface area (Å²) in [4.78, 5) is 32.7. The number of aliphatic imine (C=N–C) groups is 1. The van der Waals surface area contributed by atoms with Crippen LogP contribution in [0.2, 0.25) is 0 Å². The number of fused-ring (bicyclic) bond motifs is 1. The van der Waals surface area contributed by atoms with E-state index in [9.17, 15) is 24.9 Å². The van der Waals surface area contributed by atoms with Crippen molar-refractivity contribution in [1.82, 2.24) is 10.4 Å². The number of amidine groups is 1. The van der Waals surface area contributed by atoms with Crippen molar-refractivity contribution in [2.45, 2.75) is 50.0 Å². The fourth-order valence-electron chi connectivity index (χ4n) is 2.72. The molecule has 1 unspecified atom stereocenters. The molecule has 2 fully saturated rings. The second-order valence-corrected chi connectivity index (χ2v) is 6.08. The normalized spacial score (nSPS) is 34.3. The maximum absolute atomic E-state index is 11.6. The van der Waals surface area contributed by atoms with Gasteiger partial charge in [-0.25, -0.2) is 20.1 Å². The minimum absolute atomic E-state index is 0.00202. The molecule has 13 nitrogen and oxygen atoms in total. The van der Waals surface area contributed by atoms with Gasteiger partial charge in [0.05, 0.1) is 12.7 Å². The molecule has 3 heterocycles. The molecular weight excluding hydrogens is 368 g/mol. The van der Waals surface area contributed by atoms with Gasteiger partial charge in [0.1, 0.15) is 12.1 Å². The van der Waals surface area contributed by atoms with Crippen molar-refractivity contribution in [1.29, 1.82) is 0 Å². The molecule has 0 amide bonds. The van der Waals surface area contributed by atoms with Crippen LogP contribution in [0.4, 0.5) is 4.79 Å². The van der Waals surface area contributed by atoms with Gasteiger partial charge < -0.3 is 45.0 Å². The van der Waals surface area contributed by atoms with Crippen molar-refractivity contribution in [2.24, 2.45) is 10.7 Å². The first kappa shape index (κ1) is 19.3. The quantitative estimate of drug-likeness (QED) is 0.241. The van der Waals surface area contributed by atoms with E-state index in [1.165, 1.54) is 24.1 Å². The lowest BCUT2D eigenvalue weighted by Gasteiger charge is -2.33. The number of ether oxygens (including phenoxy) is 3. The summed E-state index contributed by atoms with van der Waals surface area (Å²) in [7, 11) is 0. The molecule has 0 aromatic rings. The Morgan fingerprint density at radius 1 is 1.48 bits per heavy atom. The monoisotopic (exact) mass is 388 g/mol. The fourth-order valence-corrected chi connectivity index (χ4v) is 2.72. The molecule has 0 bridgehead atoms. The lowest BCUT2D eigenvalue weighted by atomic mass is 10.1. The van der Waals surface area contributed by atoms with Gasteiger partial charge in [-0.15, -0.1) is 0 Å². The Bertz CT molecular complexity index is 654. The van der Waals surface area contributed by atoms with Gasteiger partial charge in [0.15, 0.2) is 24.3 Å². The van der Waals surface area contributed by atoms with E-state index in [1.807, 2.05) is 0 Å². The average molecular weight is 388 g/mol. The number of hydrogen-bond acceptors (Lipinski definition) is 13. The van der Waals surface area contributed by atoms with Crippen LogP contribution in [0.5, 0.6) is 0 Å². The van der Waals surface area contributed by atoms with Gasteiger partial charge in [-0.1, -0.05) is 0 Å². The first-order valence-electron chi connectivity index (χ1n) is 8.07. The summed E-state index contributed by atoms with van der Waals surface area (Å²) >= 11 is 0. The molecule has 6 N–H and O–H groups in total. The zero-order valence-electron chi connectivity index (χ0n) is 14.2. The predicted octanol–water partition coefficient (Wildman–Crippen LogP) is -3.13. The molecule has 0 aromatic carbocycles. The molecule has 150 valence electrons. The summed E-state index contributed by atoms with van der Waals surface area (Å²) in [5, 5.41) is 28.8. The van der Waals surface area contributed by atoms with E-state index >= 15 is 0 Å². The van der Waals surface area contributed by atoms with E-state index in [0.29, 0.717) is 0 Å². The van der Waals surface area contributed by atoms with Gasteiger partial charge in [0.25, 0.3) is 0 Å². The average Bonchev–Trinajstić information content (AvgIpc) is 3.16. The molecule has 3 rings (SSSR count). The van der Waals surface area contributed by atoms with Crippen LogP contribution < -0.4 is 11.2 Å². The number of hydrogen-bond donors (Lipinski definition) is 5. The number of hydroxylamine groups is 1. The highest BCUT2D eigenvalue weighted by Gasteiger charge is 2.56. The highest BCUT2D eigenvalue weighted by atomic mass is 16.8. The first-order chi connectivity index (χ1) is 12.8. The Labute approximate surface area is 152 Å². The van der Waals surface area contributed by atoms with Gasteiger partial charge in [-0.3, -0.25) is 0 Å². The van der Waals surface area contributed by atoms with Crippen molar-refractivity contribution in [3.8, 4) is 0 Å². The number of aliphatic hydroxyl groups excluding tert-OH is 3. The molecule has 0 saturated carbocycles. The number of nitrogens with zero attached hydrogens (tertiary/aromatic N) is 2. The molecule has 7 atom stereocenters. The van der Waals surface area contributed by atoms with Gasteiger partial charge in [-0.2, -0.15) is 0 Å². The number of aliphatic hydroxyl groups is 3. The molecule has 0 spiro atoms. The van der Waals surface area contributed by atoms with Crippen molar-refractivity contribution >= 4 is 18.0 Å². The Hall–Kier alpha value is -2.45. The summed E-state index contributed by atoms with van der Waals surface area (Å²) in [6.07, 6.45) is -4.15. The van der Waals surface area contributed by atoms with Crippen molar-refractivity contribution in [3.05, 3.63) is 12.3 Å². The summed E-state index contributed by atoms with van der Waals surface area (Å²) in [6, 6.07) is -1.25. The van der Waals surface area contributed by atoms with Crippen LogP contribution in [-0.4, -0.2) is 87.8 Å². The molecular formula is C14H20N4O9. The summed E-state index contributed by atoms with van der Waals surface area (Å²) in [5.41, 5.74) is 7.64. The minimum atomic E-state index is -1.47. The number of nitrogens with one attached hydrogen (secondary N) is 1. The zero-order chi connectivity index (χ0) is 19.7. The number of nitrogens with two attached hydrogens (primary N) is 1. The van der Waals surface area contributed by atoms with Crippen LogP contribution in [0.15, 0.2) is 17.3 Å². The van der Waals surface area contributed by atoms with E-state index in [2.05, 4.69) is 10.5 Å². The van der Waals surface area contributed by atoms with E-state index < -0.39 is 61.8 Å². The standard InChI is InChI=1S/C14H20N4O9/c1-5(20)8(15)12(21)27-17-7-2-3-18(13(22)16-7)11-10-9(6(4-19)24-11)25-14(23)26-10/h2-3,5-6,8-11,13,19-20,22H,4,15H2,1H3,(H,16,17)/t5-,6+,8+,9+,10+,11+,13?/m0/s1. The van der Waals surface area contributed by atoms with Gasteiger partial charge in [0, 0.05) is 6.20 Å². The second-order valence-electron chi connectivity index (χ2n) is 6.08. The lowest BCUT2D eigenvalue weighted by Crippen LogP contribution is -2.48. The van der Waals surface area contributed by atoms with Crippen LogP contribution in [0.25, 0.3) is 0 Å². The van der Waals surface area contributed by atoms with E-state index in [-0.39, 0.29) is 5.84 Å². The third-order valence-corrected chi connectivity index (χ3v) is 4.20. The van der Waals surface area contributed by atoms with Crippen molar-refractivity contribution in [3.63, 3.8) is 0 Å². The molecule has 27 heavy (non-hydrogen) atoms. The highest BCUT2D eigenvalue weighted by Crippen LogP contribution is 2.34. The third kappa shape index (κ3) is 3.81. The zero-order valence-corrected chi connectivity index (χ0v) is 14.2. The molecule has 3 aliphatic heterocycles. The third-order valence-electron chi connectivity index (χ3n) is 4.20. The SMILES string of the molecule is C[C@H](O)[C@@H](N)C(=O)ONC1=NC(O)N([C@@H]2O[C@H](CO)[C@H]3OC(=O)O[C@H]32)C=C1. The Balaban J connectivity index is 1.61. The molecule has 13 heteroatoms. The second kappa shape index (κ2) is 7.66. The predicted molar refractivity (Wildman–Crippen MR) is 84.2 cm³/mol. The van der Waals surface area contributed by atoms with Crippen LogP contribution in [0.3, 0.4) is 0 Å². The van der Waals surface area contributed by atoms with Gasteiger partial charge in [0.2, 0.25) is 6.35 Å². The van der Waals surface area contributed by atoms with Crippen LogP contribution in [0, 0.1) is 0 Å². The fraction of sp³-hybridized carbons (Fsp3) is 0.643. The lowest BCUT2D eigenvalue weighted by molar-refractivity contribution is -0.152. The topological polar surface area (TPSA) is 185 Å². The molecule has 0 aromatic heterocycles. The van der Waals surface area contributed by atoms with Gasteiger partial charge >= 0.3 is 12.1 Å². The smallest absolute Gasteiger partial charge is 0.424 e. The maximum atomic E-state index is 11.6. The summed E-state index contributed by atoms with van der Waals surface area (Å²) < 4.78 is 15.6. The van der Waals surface area contributed by atoms with Crippen LogP contribution >= 0.6 is 0 Å². The molecule has 2 saturated heterocycles. The molecule has 3 aliphatic rings. The first-order valence-corrected chi connectivity index (χ1v) is 8.07. The molecule has 0 radical (unpaired) electrons. The largest absolute Gasteiger partial charge is 0.509 e. The number of rotatable bonds is 4. The number of carbonyl (C=O) groups excluding carboxylic acids is 2. The summed E-state index contributed by atoms with van der Waals surface area (Å²) in [5.74, 6) is -0.918. The highest BCUT2D eigenvalue weighted by molar-refractivity contribution is 5.93. The Kier molecular flexibility index (Phi) is 5.48. The van der Waals surface area contributed by atoms with E-state index in [4.69, 9.17) is 24.8 Å². The minimum Gasteiger partial charge on any atom is -0.424 e. The molecule has 0 aliphatic carbocycles. The van der Waals surface area contributed by atoms with Crippen LogP contribution in [-0.2, 0) is 23.8 Å². The van der Waals surface area contributed by atoms with Crippen molar-refractivity contribution in [2.75, 3.05) is 6.61 Å². The Morgan fingerprint density at radius 2 is 2.19 bits per heavy atom. The maximum Gasteiger partial charge on any atom is 0.509 e. The van der Waals surface area contributed by atoms with Crippen molar-refractivity contribution < 1.29 is 44.0 Å².